The highest BCUT2D eigenvalue weighted by atomic mass is 19.1. The number of aryl methyl sites for hydroxylation is 1. The van der Waals surface area contributed by atoms with Gasteiger partial charge in [0.05, 0.1) is 0 Å². The summed E-state index contributed by atoms with van der Waals surface area (Å²) in [5, 5.41) is 19.8. The lowest BCUT2D eigenvalue weighted by molar-refractivity contribution is -0.139. The van der Waals surface area contributed by atoms with Gasteiger partial charge in [-0.15, -0.1) is 0 Å². The average molecular weight is 255 g/mol. The van der Waals surface area contributed by atoms with Crippen molar-refractivity contribution in [3.05, 3.63) is 35.1 Å². The molecule has 0 spiro atoms. The Hall–Kier alpha value is -1.95. The van der Waals surface area contributed by atoms with Gasteiger partial charge in [-0.05, 0) is 30.7 Å². The molecule has 98 valence electrons. The SMILES string of the molecule is Cc1cc(F)ccc1C(=O)N[C@H](CCO)C(=O)O. The smallest absolute Gasteiger partial charge is 0.326 e. The zero-order valence-corrected chi connectivity index (χ0v) is 9.81. The normalized spacial score (nSPS) is 11.9. The highest BCUT2D eigenvalue weighted by molar-refractivity contribution is 5.97. The van der Waals surface area contributed by atoms with E-state index in [2.05, 4.69) is 5.32 Å². The van der Waals surface area contributed by atoms with Crippen molar-refractivity contribution in [2.75, 3.05) is 6.61 Å². The minimum atomic E-state index is -1.22. The number of rotatable bonds is 5. The number of aliphatic hydroxyl groups is 1. The number of carboxylic acids is 1. The molecule has 0 aliphatic rings. The van der Waals surface area contributed by atoms with E-state index in [1.807, 2.05) is 0 Å². The third-order valence-corrected chi connectivity index (χ3v) is 2.45. The minimum absolute atomic E-state index is 0.0820. The van der Waals surface area contributed by atoms with Gasteiger partial charge in [0.15, 0.2) is 0 Å². The molecule has 1 aromatic carbocycles. The summed E-state index contributed by atoms with van der Waals surface area (Å²) in [5.74, 6) is -2.29. The van der Waals surface area contributed by atoms with Crippen LogP contribution in [0.1, 0.15) is 22.3 Å². The summed E-state index contributed by atoms with van der Waals surface area (Å²) in [6.45, 7) is 1.21. The first-order valence-corrected chi connectivity index (χ1v) is 5.36. The van der Waals surface area contributed by atoms with Gasteiger partial charge in [-0.3, -0.25) is 4.79 Å². The number of carbonyl (C=O) groups excluding carboxylic acids is 1. The van der Waals surface area contributed by atoms with E-state index < -0.39 is 23.7 Å². The lowest BCUT2D eigenvalue weighted by Crippen LogP contribution is -2.41. The van der Waals surface area contributed by atoms with Gasteiger partial charge in [0.1, 0.15) is 11.9 Å². The molecular weight excluding hydrogens is 241 g/mol. The Morgan fingerprint density at radius 1 is 1.44 bits per heavy atom. The molecule has 0 fully saturated rings. The van der Waals surface area contributed by atoms with Crippen LogP contribution in [0.3, 0.4) is 0 Å². The number of amides is 1. The summed E-state index contributed by atoms with van der Waals surface area (Å²) in [4.78, 5) is 22.6. The van der Waals surface area contributed by atoms with Crippen LogP contribution < -0.4 is 5.32 Å². The van der Waals surface area contributed by atoms with Gasteiger partial charge in [-0.2, -0.15) is 0 Å². The van der Waals surface area contributed by atoms with Gasteiger partial charge < -0.3 is 15.5 Å². The van der Waals surface area contributed by atoms with Crippen molar-refractivity contribution in [1.82, 2.24) is 5.32 Å². The molecule has 0 aliphatic heterocycles. The number of carboxylic acid groups (broad SMARTS) is 1. The number of hydrogen-bond acceptors (Lipinski definition) is 3. The molecule has 0 bridgehead atoms. The zero-order chi connectivity index (χ0) is 13.7. The van der Waals surface area contributed by atoms with Crippen LogP contribution in [0.15, 0.2) is 18.2 Å². The number of hydrogen-bond donors (Lipinski definition) is 3. The largest absolute Gasteiger partial charge is 0.480 e. The summed E-state index contributed by atoms with van der Waals surface area (Å²) in [7, 11) is 0. The van der Waals surface area contributed by atoms with E-state index >= 15 is 0 Å². The molecule has 18 heavy (non-hydrogen) atoms. The number of benzene rings is 1. The van der Waals surface area contributed by atoms with Crippen molar-refractivity contribution in [1.29, 1.82) is 0 Å². The predicted octanol–water partition coefficient (Wildman–Crippen LogP) is 0.700. The second-order valence-corrected chi connectivity index (χ2v) is 3.84. The molecule has 0 radical (unpaired) electrons. The van der Waals surface area contributed by atoms with Crippen molar-refractivity contribution in [2.24, 2.45) is 0 Å². The quantitative estimate of drug-likeness (QED) is 0.722. The number of halogens is 1. The molecule has 3 N–H and O–H groups in total. The maximum atomic E-state index is 12.9. The van der Waals surface area contributed by atoms with Gasteiger partial charge in [0, 0.05) is 18.6 Å². The molecule has 0 unspecified atom stereocenters. The average Bonchev–Trinajstić information content (AvgIpc) is 2.27. The van der Waals surface area contributed by atoms with Crippen LogP contribution in [0.4, 0.5) is 4.39 Å². The molecule has 0 aromatic heterocycles. The van der Waals surface area contributed by atoms with E-state index in [0.717, 1.165) is 6.07 Å². The topological polar surface area (TPSA) is 86.6 Å². The fourth-order valence-corrected chi connectivity index (χ4v) is 1.50. The Morgan fingerprint density at radius 2 is 2.11 bits per heavy atom. The third-order valence-electron chi connectivity index (χ3n) is 2.45. The zero-order valence-electron chi connectivity index (χ0n) is 9.81. The van der Waals surface area contributed by atoms with E-state index in [1.54, 1.807) is 6.92 Å². The summed E-state index contributed by atoms with van der Waals surface area (Å²) in [5.41, 5.74) is 0.626. The van der Waals surface area contributed by atoms with Crippen molar-refractivity contribution in [2.45, 2.75) is 19.4 Å². The molecule has 1 amide bonds. The Balaban J connectivity index is 2.83. The maximum absolute atomic E-state index is 12.9. The van der Waals surface area contributed by atoms with Crippen LogP contribution in [-0.2, 0) is 4.79 Å². The molecule has 1 aromatic rings. The Kier molecular flexibility index (Phi) is 4.79. The van der Waals surface area contributed by atoms with Crippen LogP contribution in [0, 0.1) is 12.7 Å². The van der Waals surface area contributed by atoms with Gasteiger partial charge in [-0.1, -0.05) is 0 Å². The van der Waals surface area contributed by atoms with Crippen LogP contribution in [0.25, 0.3) is 0 Å². The Morgan fingerprint density at radius 3 is 2.61 bits per heavy atom. The first-order chi connectivity index (χ1) is 8.45. The molecule has 1 rings (SSSR count). The van der Waals surface area contributed by atoms with Crippen LogP contribution in [0.2, 0.25) is 0 Å². The summed E-state index contributed by atoms with van der Waals surface area (Å²) in [6, 6.07) is 2.45. The van der Waals surface area contributed by atoms with Crippen LogP contribution in [0.5, 0.6) is 0 Å². The molecule has 0 aliphatic carbocycles. The minimum Gasteiger partial charge on any atom is -0.480 e. The second-order valence-electron chi connectivity index (χ2n) is 3.84. The molecule has 0 saturated carbocycles. The van der Waals surface area contributed by atoms with Gasteiger partial charge in [-0.25, -0.2) is 9.18 Å². The standard InChI is InChI=1S/C12H14FNO4/c1-7-6-8(13)2-3-9(7)11(16)14-10(4-5-15)12(17)18/h2-3,6,10,15H,4-5H2,1H3,(H,14,16)(H,17,18)/t10-/m1/s1. The highest BCUT2D eigenvalue weighted by Gasteiger charge is 2.20. The number of nitrogens with one attached hydrogen (secondary N) is 1. The van der Waals surface area contributed by atoms with Crippen LogP contribution in [-0.4, -0.2) is 34.7 Å². The predicted molar refractivity (Wildman–Crippen MR) is 61.7 cm³/mol. The summed E-state index contributed by atoms with van der Waals surface area (Å²) >= 11 is 0. The highest BCUT2D eigenvalue weighted by Crippen LogP contribution is 2.10. The molecule has 5 nitrogen and oxygen atoms in total. The van der Waals surface area contributed by atoms with Crippen molar-refractivity contribution in [3.8, 4) is 0 Å². The van der Waals surface area contributed by atoms with Crippen molar-refractivity contribution in [3.63, 3.8) is 0 Å². The van der Waals surface area contributed by atoms with Gasteiger partial charge in [0.2, 0.25) is 0 Å². The number of aliphatic hydroxyl groups excluding tert-OH is 1. The molecule has 1 atom stereocenters. The fraction of sp³-hybridized carbons (Fsp3) is 0.333. The molecule has 0 heterocycles. The van der Waals surface area contributed by atoms with E-state index in [-0.39, 0.29) is 18.6 Å². The first kappa shape index (κ1) is 14.1. The van der Waals surface area contributed by atoms with E-state index in [1.165, 1.54) is 12.1 Å². The summed E-state index contributed by atoms with van der Waals surface area (Å²) < 4.78 is 12.9. The maximum Gasteiger partial charge on any atom is 0.326 e. The Bertz CT molecular complexity index is 461. The molecule has 6 heteroatoms. The number of carbonyl (C=O) groups is 2. The summed E-state index contributed by atoms with van der Waals surface area (Å²) in [6.07, 6.45) is -0.0820. The third kappa shape index (κ3) is 3.53. The van der Waals surface area contributed by atoms with Gasteiger partial charge in [0.25, 0.3) is 5.91 Å². The van der Waals surface area contributed by atoms with E-state index in [9.17, 15) is 14.0 Å². The molecular formula is C12H14FNO4. The first-order valence-electron chi connectivity index (χ1n) is 5.36. The van der Waals surface area contributed by atoms with Gasteiger partial charge >= 0.3 is 5.97 Å². The number of aliphatic carboxylic acids is 1. The van der Waals surface area contributed by atoms with Crippen LogP contribution >= 0.6 is 0 Å². The van der Waals surface area contributed by atoms with E-state index in [0.29, 0.717) is 5.56 Å². The fourth-order valence-electron chi connectivity index (χ4n) is 1.50. The lowest BCUT2D eigenvalue weighted by atomic mass is 10.1. The lowest BCUT2D eigenvalue weighted by Gasteiger charge is -2.14. The van der Waals surface area contributed by atoms with Crippen molar-refractivity contribution >= 4 is 11.9 Å². The second kappa shape index (κ2) is 6.11. The molecule has 0 saturated heterocycles. The van der Waals surface area contributed by atoms with Crippen molar-refractivity contribution < 1.29 is 24.2 Å². The Labute approximate surface area is 103 Å². The van der Waals surface area contributed by atoms with E-state index in [4.69, 9.17) is 10.2 Å². The monoisotopic (exact) mass is 255 g/mol.